The summed E-state index contributed by atoms with van der Waals surface area (Å²) in [5, 5.41) is 10.1. The van der Waals surface area contributed by atoms with E-state index in [0.29, 0.717) is 25.2 Å². The van der Waals surface area contributed by atoms with Gasteiger partial charge in [-0.1, -0.05) is 12.1 Å². The van der Waals surface area contributed by atoms with Crippen molar-refractivity contribution in [3.8, 4) is 11.5 Å². The van der Waals surface area contributed by atoms with E-state index in [-0.39, 0.29) is 24.5 Å². The normalized spacial score (nSPS) is 10.9. The van der Waals surface area contributed by atoms with Crippen molar-refractivity contribution in [3.05, 3.63) is 58.1 Å². The van der Waals surface area contributed by atoms with Gasteiger partial charge < -0.3 is 24.4 Å². The number of phenolic OH excluding ortho intramolecular Hbond substituents is 1. The number of aromatic hydroxyl groups is 1. The molecule has 0 spiro atoms. The van der Waals surface area contributed by atoms with Crippen LogP contribution < -0.4 is 4.74 Å². The second-order valence-corrected chi connectivity index (χ2v) is 7.63. The SMILES string of the molecule is CCOC(=O)CCc1cc(Cc2c(C)cc(OCP(O)O)cc2C)ccc1O. The van der Waals surface area contributed by atoms with Gasteiger partial charge in [0.15, 0.2) is 6.35 Å². The molecule has 0 unspecified atom stereocenters. The molecule has 0 radical (unpaired) electrons. The van der Waals surface area contributed by atoms with Gasteiger partial charge in [0.25, 0.3) is 0 Å². The van der Waals surface area contributed by atoms with Crippen LogP contribution in [0.1, 0.15) is 41.2 Å². The van der Waals surface area contributed by atoms with Crippen LogP contribution in [-0.2, 0) is 22.4 Å². The zero-order valence-corrected chi connectivity index (χ0v) is 17.3. The number of esters is 1. The van der Waals surface area contributed by atoms with Crippen LogP contribution in [0, 0.1) is 13.8 Å². The molecule has 0 aliphatic heterocycles. The number of carbonyl (C=O) groups is 1. The molecule has 0 bridgehead atoms. The number of phenols is 1. The van der Waals surface area contributed by atoms with Gasteiger partial charge in [0.1, 0.15) is 11.5 Å². The Bertz CT molecular complexity index is 796. The van der Waals surface area contributed by atoms with Crippen molar-refractivity contribution in [1.82, 2.24) is 0 Å². The minimum absolute atomic E-state index is 0.116. The summed E-state index contributed by atoms with van der Waals surface area (Å²) in [7, 11) is -2.09. The van der Waals surface area contributed by atoms with Crippen LogP contribution in [0.4, 0.5) is 0 Å². The van der Waals surface area contributed by atoms with Gasteiger partial charge >= 0.3 is 5.97 Å². The van der Waals surface area contributed by atoms with E-state index >= 15 is 0 Å². The van der Waals surface area contributed by atoms with Gasteiger partial charge in [0.05, 0.1) is 6.61 Å². The highest BCUT2D eigenvalue weighted by Crippen LogP contribution is 2.29. The van der Waals surface area contributed by atoms with Gasteiger partial charge in [0.2, 0.25) is 8.38 Å². The predicted molar refractivity (Wildman–Crippen MR) is 109 cm³/mol. The fourth-order valence-electron chi connectivity index (χ4n) is 3.07. The number of benzene rings is 2. The van der Waals surface area contributed by atoms with E-state index in [0.717, 1.165) is 27.8 Å². The third kappa shape index (κ3) is 6.48. The molecule has 0 saturated carbocycles. The van der Waals surface area contributed by atoms with E-state index in [4.69, 9.17) is 19.3 Å². The Labute approximate surface area is 166 Å². The number of hydrogen-bond donors (Lipinski definition) is 3. The zero-order valence-electron chi connectivity index (χ0n) is 16.4. The molecular weight excluding hydrogens is 379 g/mol. The molecule has 152 valence electrons. The molecule has 3 N–H and O–H groups in total. The Morgan fingerprint density at radius 1 is 1.11 bits per heavy atom. The van der Waals surface area contributed by atoms with Crippen molar-refractivity contribution in [3.63, 3.8) is 0 Å². The van der Waals surface area contributed by atoms with Crippen molar-refractivity contribution in [2.24, 2.45) is 0 Å². The van der Waals surface area contributed by atoms with Crippen LogP contribution in [0.25, 0.3) is 0 Å². The molecule has 2 aromatic rings. The van der Waals surface area contributed by atoms with Crippen LogP contribution >= 0.6 is 8.38 Å². The molecule has 0 aliphatic carbocycles. The summed E-state index contributed by atoms with van der Waals surface area (Å²) < 4.78 is 10.3. The van der Waals surface area contributed by atoms with Crippen LogP contribution in [-0.4, -0.2) is 33.8 Å². The topological polar surface area (TPSA) is 96.2 Å². The van der Waals surface area contributed by atoms with E-state index in [1.54, 1.807) is 13.0 Å². The van der Waals surface area contributed by atoms with Gasteiger partial charge in [-0.25, -0.2) is 0 Å². The number of carbonyl (C=O) groups excluding carboxylic acids is 1. The van der Waals surface area contributed by atoms with E-state index in [2.05, 4.69) is 0 Å². The maximum absolute atomic E-state index is 11.6. The second kappa shape index (κ2) is 10.4. The number of hydrogen-bond acceptors (Lipinski definition) is 6. The van der Waals surface area contributed by atoms with E-state index < -0.39 is 8.38 Å². The third-order valence-corrected chi connectivity index (χ3v) is 4.80. The predicted octanol–water partition coefficient (Wildman–Crippen LogP) is 3.73. The lowest BCUT2D eigenvalue weighted by atomic mass is 9.94. The first-order valence-electron chi connectivity index (χ1n) is 9.14. The monoisotopic (exact) mass is 406 g/mol. The van der Waals surface area contributed by atoms with Gasteiger partial charge in [-0.2, -0.15) is 0 Å². The molecule has 0 heterocycles. The fourth-order valence-corrected chi connectivity index (χ4v) is 3.34. The summed E-state index contributed by atoms with van der Waals surface area (Å²) in [6, 6.07) is 9.20. The highest BCUT2D eigenvalue weighted by Gasteiger charge is 2.11. The standard InChI is InChI=1S/C21H27O6P/c1-4-26-21(23)8-6-17-11-16(5-7-20(17)22)12-19-14(2)9-18(10-15(19)3)27-13-28(24)25/h5,7,9-11,22,24-25H,4,6,8,12-13H2,1-3H3. The Hall–Kier alpha value is -2.14. The van der Waals surface area contributed by atoms with E-state index in [9.17, 15) is 9.90 Å². The quantitative estimate of drug-likeness (QED) is 0.434. The third-order valence-electron chi connectivity index (χ3n) is 4.44. The molecule has 7 heteroatoms. The van der Waals surface area contributed by atoms with Crippen molar-refractivity contribution in [1.29, 1.82) is 0 Å². The van der Waals surface area contributed by atoms with Crippen LogP contribution in [0.3, 0.4) is 0 Å². The van der Waals surface area contributed by atoms with Gasteiger partial charge in [-0.15, -0.1) is 0 Å². The second-order valence-electron chi connectivity index (χ2n) is 6.63. The first-order chi connectivity index (χ1) is 13.3. The smallest absolute Gasteiger partial charge is 0.306 e. The minimum atomic E-state index is -2.09. The fraction of sp³-hybridized carbons (Fsp3) is 0.381. The maximum Gasteiger partial charge on any atom is 0.306 e. The Kier molecular flexibility index (Phi) is 8.24. The summed E-state index contributed by atoms with van der Waals surface area (Å²) in [6.45, 7) is 6.08. The summed E-state index contributed by atoms with van der Waals surface area (Å²) in [5.74, 6) is 0.508. The zero-order chi connectivity index (χ0) is 20.7. The lowest BCUT2D eigenvalue weighted by Crippen LogP contribution is -2.05. The van der Waals surface area contributed by atoms with Crippen molar-refractivity contribution < 1.29 is 29.2 Å². The number of aryl methyl sites for hydroxylation is 3. The summed E-state index contributed by atoms with van der Waals surface area (Å²) >= 11 is 0. The molecule has 0 amide bonds. The minimum Gasteiger partial charge on any atom is -0.508 e. The summed E-state index contributed by atoms with van der Waals surface area (Å²) in [4.78, 5) is 29.6. The molecule has 28 heavy (non-hydrogen) atoms. The molecule has 0 saturated heterocycles. The lowest BCUT2D eigenvalue weighted by Gasteiger charge is -2.15. The van der Waals surface area contributed by atoms with Crippen molar-refractivity contribution in [2.75, 3.05) is 13.0 Å². The van der Waals surface area contributed by atoms with E-state index in [1.807, 2.05) is 38.1 Å². The molecule has 2 rings (SSSR count). The molecular formula is C21H27O6P. The van der Waals surface area contributed by atoms with Crippen LogP contribution in [0.2, 0.25) is 0 Å². The van der Waals surface area contributed by atoms with Crippen LogP contribution in [0.5, 0.6) is 11.5 Å². The largest absolute Gasteiger partial charge is 0.508 e. The molecule has 0 fully saturated rings. The molecule has 2 aromatic carbocycles. The highest BCUT2D eigenvalue weighted by atomic mass is 31.2. The first-order valence-corrected chi connectivity index (χ1v) is 10.6. The first kappa shape index (κ1) is 22.2. The Balaban J connectivity index is 2.14. The number of rotatable bonds is 9. The average Bonchev–Trinajstić information content (AvgIpc) is 2.63. The lowest BCUT2D eigenvalue weighted by molar-refractivity contribution is -0.143. The Morgan fingerprint density at radius 2 is 1.79 bits per heavy atom. The van der Waals surface area contributed by atoms with Crippen molar-refractivity contribution in [2.45, 2.75) is 40.0 Å². The van der Waals surface area contributed by atoms with Gasteiger partial charge in [-0.05, 0) is 79.6 Å². The van der Waals surface area contributed by atoms with Gasteiger partial charge in [0, 0.05) is 6.42 Å². The van der Waals surface area contributed by atoms with Gasteiger partial charge in [-0.3, -0.25) is 4.79 Å². The van der Waals surface area contributed by atoms with Crippen molar-refractivity contribution >= 4 is 14.3 Å². The van der Waals surface area contributed by atoms with E-state index in [1.165, 1.54) is 0 Å². The highest BCUT2D eigenvalue weighted by molar-refractivity contribution is 7.44. The molecule has 6 nitrogen and oxygen atoms in total. The molecule has 0 atom stereocenters. The number of ether oxygens (including phenoxy) is 2. The molecule has 0 aromatic heterocycles. The Morgan fingerprint density at radius 3 is 2.39 bits per heavy atom. The molecule has 0 aliphatic rings. The maximum atomic E-state index is 11.6. The summed E-state index contributed by atoms with van der Waals surface area (Å²) in [6.07, 6.45) is 1.22. The average molecular weight is 406 g/mol. The van der Waals surface area contributed by atoms with Crippen LogP contribution in [0.15, 0.2) is 30.3 Å². The summed E-state index contributed by atoms with van der Waals surface area (Å²) in [5.41, 5.74) is 4.98.